The van der Waals surface area contributed by atoms with Gasteiger partial charge in [0.1, 0.15) is 0 Å². The molecule has 7 heteroatoms. The monoisotopic (exact) mass is 460 g/mol. The molecule has 2 aromatic heterocycles. The fourth-order valence-electron chi connectivity index (χ4n) is 3.13. The molecule has 0 saturated carbocycles. The number of nitrogens with one attached hydrogen (secondary N) is 1. The molecule has 0 fully saturated rings. The van der Waals surface area contributed by atoms with Crippen molar-refractivity contribution < 1.29 is 0 Å². The van der Waals surface area contributed by atoms with Gasteiger partial charge in [-0.1, -0.05) is 18.2 Å². The molecule has 0 bridgehead atoms. The number of benzene rings is 1. The highest BCUT2D eigenvalue weighted by molar-refractivity contribution is 14.0. The Bertz CT molecular complexity index is 891. The second kappa shape index (κ2) is 8.31. The molecule has 0 unspecified atom stereocenters. The number of aromatic nitrogens is 3. The molecule has 1 N–H and O–H groups in total. The minimum atomic E-state index is 0. The van der Waals surface area contributed by atoms with Gasteiger partial charge in [0.05, 0.1) is 0 Å². The molecule has 1 aromatic carbocycles. The first-order chi connectivity index (χ1) is 12.3. The molecule has 1 aliphatic rings. The fraction of sp³-hybridized carbons (Fsp3) is 0.211. The zero-order valence-corrected chi connectivity index (χ0v) is 16.9. The summed E-state index contributed by atoms with van der Waals surface area (Å²) in [5.41, 5.74) is 3.74. The summed E-state index contributed by atoms with van der Waals surface area (Å²) in [6, 6.07) is 14.4. The number of rotatable bonds is 3. The van der Waals surface area contributed by atoms with Crippen molar-refractivity contribution in [1.82, 2.24) is 20.1 Å². The third-order valence-corrected chi connectivity index (χ3v) is 4.35. The molecule has 3 heterocycles. The molecule has 0 amide bonds. The van der Waals surface area contributed by atoms with Gasteiger partial charge in [-0.05, 0) is 41.8 Å². The molecule has 0 atom stereocenters. The van der Waals surface area contributed by atoms with Crippen molar-refractivity contribution in [2.45, 2.75) is 13.0 Å². The molecule has 0 spiro atoms. The van der Waals surface area contributed by atoms with Gasteiger partial charge in [-0.15, -0.1) is 24.0 Å². The van der Waals surface area contributed by atoms with Gasteiger partial charge in [-0.25, -0.2) is 9.67 Å². The van der Waals surface area contributed by atoms with Crippen molar-refractivity contribution in [3.63, 3.8) is 0 Å². The van der Waals surface area contributed by atoms with Crippen molar-refractivity contribution in [2.24, 2.45) is 4.99 Å². The van der Waals surface area contributed by atoms with Gasteiger partial charge in [0.15, 0.2) is 11.8 Å². The van der Waals surface area contributed by atoms with Gasteiger partial charge in [0, 0.05) is 44.4 Å². The molecule has 4 rings (SSSR count). The number of nitrogens with zero attached hydrogens (tertiary/aromatic N) is 5. The second-order valence-electron chi connectivity index (χ2n) is 5.90. The summed E-state index contributed by atoms with van der Waals surface area (Å²) in [4.78, 5) is 11.1. The van der Waals surface area contributed by atoms with E-state index in [2.05, 4.69) is 49.6 Å². The predicted octanol–water partition coefficient (Wildman–Crippen LogP) is 3.02. The maximum atomic E-state index is 4.45. The summed E-state index contributed by atoms with van der Waals surface area (Å²) >= 11 is 0. The van der Waals surface area contributed by atoms with E-state index >= 15 is 0 Å². The van der Waals surface area contributed by atoms with Crippen LogP contribution in [0.3, 0.4) is 0 Å². The predicted molar refractivity (Wildman–Crippen MR) is 114 cm³/mol. The molecule has 1 aliphatic heterocycles. The maximum Gasteiger partial charge on any atom is 0.198 e. The third-order valence-electron chi connectivity index (χ3n) is 4.35. The van der Waals surface area contributed by atoms with Crippen LogP contribution >= 0.6 is 24.0 Å². The van der Waals surface area contributed by atoms with Gasteiger partial charge in [-0.3, -0.25) is 4.99 Å². The van der Waals surface area contributed by atoms with E-state index in [9.17, 15) is 0 Å². The number of fused-ring (bicyclic) bond motifs is 1. The molecule has 26 heavy (non-hydrogen) atoms. The van der Waals surface area contributed by atoms with Crippen LogP contribution in [-0.4, -0.2) is 34.3 Å². The smallest absolute Gasteiger partial charge is 0.198 e. The zero-order valence-electron chi connectivity index (χ0n) is 14.5. The summed E-state index contributed by atoms with van der Waals surface area (Å²) in [5, 5.41) is 7.69. The summed E-state index contributed by atoms with van der Waals surface area (Å²) in [6.45, 7) is 1.63. The Morgan fingerprint density at radius 2 is 2.08 bits per heavy atom. The van der Waals surface area contributed by atoms with Crippen molar-refractivity contribution in [3.8, 4) is 5.82 Å². The number of guanidine groups is 1. The zero-order chi connectivity index (χ0) is 17.1. The highest BCUT2D eigenvalue weighted by Gasteiger charge is 2.22. The lowest BCUT2D eigenvalue weighted by atomic mass is 10.2. The van der Waals surface area contributed by atoms with Crippen LogP contribution in [0.5, 0.6) is 0 Å². The number of hydrogen-bond donors (Lipinski definition) is 1. The lowest BCUT2D eigenvalue weighted by Gasteiger charge is -2.22. The number of halogens is 1. The van der Waals surface area contributed by atoms with Crippen LogP contribution in [0.2, 0.25) is 0 Å². The number of aliphatic imine (C=N–C) groups is 1. The average Bonchev–Trinajstić information content (AvgIpc) is 3.33. The van der Waals surface area contributed by atoms with E-state index in [0.29, 0.717) is 6.54 Å². The van der Waals surface area contributed by atoms with Crippen molar-refractivity contribution >= 4 is 35.6 Å². The van der Waals surface area contributed by atoms with Crippen molar-refractivity contribution in [2.75, 3.05) is 18.5 Å². The highest BCUT2D eigenvalue weighted by Crippen LogP contribution is 2.27. The average molecular weight is 460 g/mol. The van der Waals surface area contributed by atoms with Crippen LogP contribution in [0.25, 0.3) is 5.82 Å². The molecular formula is C19H21IN6. The molecular weight excluding hydrogens is 439 g/mol. The van der Waals surface area contributed by atoms with E-state index in [0.717, 1.165) is 30.3 Å². The lowest BCUT2D eigenvalue weighted by molar-refractivity contribution is 0.828. The van der Waals surface area contributed by atoms with E-state index < -0.39 is 0 Å². The van der Waals surface area contributed by atoms with Gasteiger partial charge in [-0.2, -0.15) is 5.10 Å². The van der Waals surface area contributed by atoms with E-state index in [1.807, 2.05) is 37.6 Å². The van der Waals surface area contributed by atoms with Crippen LogP contribution < -0.4 is 10.2 Å². The minimum Gasteiger partial charge on any atom is -0.352 e. The summed E-state index contributed by atoms with van der Waals surface area (Å²) in [6.07, 6.45) is 6.50. The fourth-order valence-corrected chi connectivity index (χ4v) is 3.13. The quantitative estimate of drug-likeness (QED) is 0.371. The van der Waals surface area contributed by atoms with Crippen LogP contribution in [0.4, 0.5) is 5.69 Å². The van der Waals surface area contributed by atoms with Gasteiger partial charge in [0.2, 0.25) is 0 Å². The standard InChI is InChI=1S/C19H20N6.HI/c1-20-19(24-12-8-16-5-2-3-6-17(16)24)22-14-15-7-10-21-18(13-15)25-11-4-9-23-25;/h2-7,9-11,13H,8,12,14H2,1H3,(H,20,22);1H. The molecule has 6 nitrogen and oxygen atoms in total. The highest BCUT2D eigenvalue weighted by atomic mass is 127. The Morgan fingerprint density at radius 1 is 1.19 bits per heavy atom. The first kappa shape index (κ1) is 18.4. The van der Waals surface area contributed by atoms with Crippen molar-refractivity contribution in [3.05, 3.63) is 72.2 Å². The molecule has 3 aromatic rings. The number of para-hydroxylation sites is 1. The summed E-state index contributed by atoms with van der Waals surface area (Å²) < 4.78 is 1.76. The Morgan fingerprint density at radius 3 is 2.88 bits per heavy atom. The Balaban J connectivity index is 0.00000196. The van der Waals surface area contributed by atoms with Gasteiger partial charge in [0.25, 0.3) is 0 Å². The molecule has 0 saturated heterocycles. The van der Waals surface area contributed by atoms with Crippen LogP contribution in [0.15, 0.2) is 66.0 Å². The molecule has 0 aliphatic carbocycles. The first-order valence-electron chi connectivity index (χ1n) is 8.36. The molecule has 134 valence electrons. The first-order valence-corrected chi connectivity index (χ1v) is 8.36. The van der Waals surface area contributed by atoms with Crippen LogP contribution in [0, 0.1) is 0 Å². The third kappa shape index (κ3) is 3.72. The Hall–Kier alpha value is -2.42. The number of anilines is 1. The maximum absolute atomic E-state index is 4.45. The largest absolute Gasteiger partial charge is 0.352 e. The van der Waals surface area contributed by atoms with Gasteiger partial charge < -0.3 is 10.2 Å². The topological polar surface area (TPSA) is 58.3 Å². The SMILES string of the molecule is CN=C(NCc1ccnc(-n2cccn2)c1)N1CCc2ccccc21.I. The van der Waals surface area contributed by atoms with E-state index in [1.165, 1.54) is 11.3 Å². The van der Waals surface area contributed by atoms with Gasteiger partial charge >= 0.3 is 0 Å². The van der Waals surface area contributed by atoms with E-state index in [1.54, 1.807) is 10.9 Å². The van der Waals surface area contributed by atoms with E-state index in [-0.39, 0.29) is 24.0 Å². The lowest BCUT2D eigenvalue weighted by Crippen LogP contribution is -2.40. The van der Waals surface area contributed by atoms with E-state index in [4.69, 9.17) is 0 Å². The minimum absolute atomic E-state index is 0. The summed E-state index contributed by atoms with van der Waals surface area (Å²) in [5.74, 6) is 1.70. The Labute approximate surface area is 170 Å². The summed E-state index contributed by atoms with van der Waals surface area (Å²) in [7, 11) is 1.82. The van der Waals surface area contributed by atoms with Crippen molar-refractivity contribution in [1.29, 1.82) is 0 Å². The van der Waals surface area contributed by atoms with Crippen LogP contribution in [-0.2, 0) is 13.0 Å². The number of pyridine rings is 1. The molecule has 0 radical (unpaired) electrons. The van der Waals surface area contributed by atoms with Crippen LogP contribution in [0.1, 0.15) is 11.1 Å². The second-order valence-corrected chi connectivity index (χ2v) is 5.90. The Kier molecular flexibility index (Phi) is 5.87. The number of hydrogen-bond acceptors (Lipinski definition) is 3. The normalized spacial score (nSPS) is 13.3.